The van der Waals surface area contributed by atoms with Crippen molar-refractivity contribution in [2.45, 2.75) is 17.9 Å². The monoisotopic (exact) mass is 352 g/mol. The van der Waals surface area contributed by atoms with Crippen molar-refractivity contribution in [2.75, 3.05) is 20.7 Å². The van der Waals surface area contributed by atoms with E-state index in [-0.39, 0.29) is 16.4 Å². The summed E-state index contributed by atoms with van der Waals surface area (Å²) in [7, 11) is -1.23. The molecule has 1 N–H and O–H groups in total. The van der Waals surface area contributed by atoms with Gasteiger partial charge in [0.1, 0.15) is 0 Å². The summed E-state index contributed by atoms with van der Waals surface area (Å²) in [6.45, 7) is 1.16. The van der Waals surface area contributed by atoms with Crippen LogP contribution in [0, 0.1) is 0 Å². The van der Waals surface area contributed by atoms with Gasteiger partial charge in [0.05, 0.1) is 12.0 Å². The van der Waals surface area contributed by atoms with Crippen molar-refractivity contribution in [1.29, 1.82) is 0 Å². The van der Waals surface area contributed by atoms with Gasteiger partial charge in [-0.2, -0.15) is 5.10 Å². The third-order valence-electron chi connectivity index (χ3n) is 3.40. The molecule has 0 fully saturated rings. The molecule has 0 aliphatic heterocycles. The molecule has 2 aromatic rings. The first-order chi connectivity index (χ1) is 11.4. The number of rotatable bonds is 8. The molecule has 0 saturated carbocycles. The van der Waals surface area contributed by atoms with Gasteiger partial charge in [-0.15, -0.1) is 0 Å². The van der Waals surface area contributed by atoms with Gasteiger partial charge in [-0.25, -0.2) is 8.42 Å². The van der Waals surface area contributed by atoms with Gasteiger partial charge in [-0.1, -0.05) is 10.5 Å². The molecular formula is C15H20N4O4S. The molecule has 0 bridgehead atoms. The Labute approximate surface area is 141 Å². The predicted molar refractivity (Wildman–Crippen MR) is 87.6 cm³/mol. The van der Waals surface area contributed by atoms with Crippen molar-refractivity contribution in [2.24, 2.45) is 0 Å². The maximum atomic E-state index is 12.2. The van der Waals surface area contributed by atoms with Crippen molar-refractivity contribution >= 4 is 15.9 Å². The predicted octanol–water partition coefficient (Wildman–Crippen LogP) is 0.885. The SMILES string of the molecule is CON(C)S(=O)(=O)c1cccc(C(=O)NCCCn2cccn2)c1. The Bertz CT molecular complexity index is 775. The summed E-state index contributed by atoms with van der Waals surface area (Å²) < 4.78 is 26.9. The quantitative estimate of drug-likeness (QED) is 0.562. The van der Waals surface area contributed by atoms with E-state index in [0.29, 0.717) is 13.1 Å². The van der Waals surface area contributed by atoms with Crippen LogP contribution in [0.5, 0.6) is 0 Å². The number of aryl methyl sites for hydroxylation is 1. The van der Waals surface area contributed by atoms with Crippen molar-refractivity contribution in [1.82, 2.24) is 19.6 Å². The lowest BCUT2D eigenvalue weighted by atomic mass is 10.2. The Hall–Kier alpha value is -2.23. The normalized spacial score (nSPS) is 11.6. The van der Waals surface area contributed by atoms with E-state index in [2.05, 4.69) is 10.4 Å². The third kappa shape index (κ3) is 4.40. The molecule has 0 aliphatic carbocycles. The molecule has 0 aliphatic rings. The second-order valence-electron chi connectivity index (χ2n) is 5.00. The van der Waals surface area contributed by atoms with E-state index in [4.69, 9.17) is 4.84 Å². The smallest absolute Gasteiger partial charge is 0.264 e. The van der Waals surface area contributed by atoms with Gasteiger partial charge in [-0.05, 0) is 30.7 Å². The standard InChI is InChI=1S/C15H20N4O4S/c1-18(23-2)24(21,22)14-7-3-6-13(12-14)15(20)16-8-4-10-19-11-5-9-17-19/h3,5-7,9,11-12H,4,8,10H2,1-2H3,(H,16,20). The van der Waals surface area contributed by atoms with Crippen LogP contribution in [0.25, 0.3) is 0 Å². The van der Waals surface area contributed by atoms with E-state index in [0.717, 1.165) is 10.9 Å². The number of nitrogens with zero attached hydrogens (tertiary/aromatic N) is 3. The fraction of sp³-hybridized carbons (Fsp3) is 0.333. The van der Waals surface area contributed by atoms with Crippen LogP contribution >= 0.6 is 0 Å². The summed E-state index contributed by atoms with van der Waals surface area (Å²) >= 11 is 0. The summed E-state index contributed by atoms with van der Waals surface area (Å²) in [5, 5.41) is 6.84. The number of hydroxylamine groups is 1. The van der Waals surface area contributed by atoms with Crippen molar-refractivity contribution < 1.29 is 18.0 Å². The molecule has 2 rings (SSSR count). The van der Waals surface area contributed by atoms with Crippen LogP contribution in [0.15, 0.2) is 47.6 Å². The van der Waals surface area contributed by atoms with Crippen LogP contribution in [-0.4, -0.2) is 49.3 Å². The number of carbonyl (C=O) groups excluding carboxylic acids is 1. The fourth-order valence-corrected chi connectivity index (χ4v) is 3.04. The average molecular weight is 352 g/mol. The van der Waals surface area contributed by atoms with Crippen LogP contribution in [0.2, 0.25) is 0 Å². The van der Waals surface area contributed by atoms with Crippen molar-refractivity contribution in [3.63, 3.8) is 0 Å². The second-order valence-corrected chi connectivity index (χ2v) is 6.94. The highest BCUT2D eigenvalue weighted by Gasteiger charge is 2.21. The number of hydrogen-bond donors (Lipinski definition) is 1. The van der Waals surface area contributed by atoms with E-state index in [9.17, 15) is 13.2 Å². The zero-order chi connectivity index (χ0) is 17.6. The lowest BCUT2D eigenvalue weighted by Gasteiger charge is -2.14. The van der Waals surface area contributed by atoms with Crippen molar-refractivity contribution in [3.8, 4) is 0 Å². The first-order valence-corrected chi connectivity index (χ1v) is 8.78. The van der Waals surface area contributed by atoms with Gasteiger partial charge in [-0.3, -0.25) is 14.3 Å². The summed E-state index contributed by atoms with van der Waals surface area (Å²) in [4.78, 5) is 16.9. The van der Waals surface area contributed by atoms with Crippen LogP contribution < -0.4 is 5.32 Å². The second kappa shape index (κ2) is 8.04. The molecule has 130 valence electrons. The van der Waals surface area contributed by atoms with Gasteiger partial charge >= 0.3 is 0 Å². The summed E-state index contributed by atoms with van der Waals surface area (Å²) in [6, 6.07) is 7.66. The highest BCUT2D eigenvalue weighted by Crippen LogP contribution is 2.16. The van der Waals surface area contributed by atoms with E-state index in [1.165, 1.54) is 32.4 Å². The molecular weight excluding hydrogens is 332 g/mol. The molecule has 0 saturated heterocycles. The molecule has 0 spiro atoms. The minimum atomic E-state index is -3.78. The molecule has 1 aromatic carbocycles. The number of sulfonamides is 1. The molecule has 1 heterocycles. The van der Waals surface area contributed by atoms with Crippen LogP contribution in [-0.2, 0) is 21.4 Å². The number of carbonyl (C=O) groups is 1. The van der Waals surface area contributed by atoms with Gasteiger partial charge in [0, 0.05) is 38.1 Å². The molecule has 8 nitrogen and oxygen atoms in total. The summed E-state index contributed by atoms with van der Waals surface area (Å²) in [6.07, 6.45) is 4.27. The van der Waals surface area contributed by atoms with E-state index in [1.54, 1.807) is 16.9 Å². The average Bonchev–Trinajstić information content (AvgIpc) is 3.11. The Morgan fingerprint density at radius 1 is 1.38 bits per heavy atom. The maximum Gasteiger partial charge on any atom is 0.264 e. The van der Waals surface area contributed by atoms with Crippen LogP contribution in [0.1, 0.15) is 16.8 Å². The molecule has 1 amide bonds. The van der Waals surface area contributed by atoms with E-state index < -0.39 is 10.0 Å². The van der Waals surface area contributed by atoms with Crippen molar-refractivity contribution in [3.05, 3.63) is 48.3 Å². The van der Waals surface area contributed by atoms with Gasteiger partial charge in [0.25, 0.3) is 15.9 Å². The van der Waals surface area contributed by atoms with Crippen LogP contribution in [0.4, 0.5) is 0 Å². The Kier molecular flexibility index (Phi) is 6.07. The number of aromatic nitrogens is 2. The maximum absolute atomic E-state index is 12.2. The minimum Gasteiger partial charge on any atom is -0.352 e. The van der Waals surface area contributed by atoms with Gasteiger partial charge in [0.2, 0.25) is 0 Å². The first kappa shape index (κ1) is 18.1. The molecule has 24 heavy (non-hydrogen) atoms. The van der Waals surface area contributed by atoms with E-state index in [1.807, 2.05) is 12.3 Å². The largest absolute Gasteiger partial charge is 0.352 e. The lowest BCUT2D eigenvalue weighted by molar-refractivity contribution is -0.0258. The number of amides is 1. The van der Waals surface area contributed by atoms with Gasteiger partial charge < -0.3 is 5.32 Å². The Morgan fingerprint density at radius 2 is 2.17 bits per heavy atom. The summed E-state index contributed by atoms with van der Waals surface area (Å²) in [5.74, 6) is -0.326. The zero-order valence-electron chi connectivity index (χ0n) is 13.5. The number of nitrogens with one attached hydrogen (secondary N) is 1. The third-order valence-corrected chi connectivity index (χ3v) is 5.07. The lowest BCUT2D eigenvalue weighted by Crippen LogP contribution is -2.27. The molecule has 9 heteroatoms. The topological polar surface area (TPSA) is 93.5 Å². The molecule has 0 radical (unpaired) electrons. The molecule has 1 aromatic heterocycles. The Balaban J connectivity index is 1.96. The Morgan fingerprint density at radius 3 is 2.83 bits per heavy atom. The molecule has 0 atom stereocenters. The first-order valence-electron chi connectivity index (χ1n) is 7.34. The fourth-order valence-electron chi connectivity index (χ4n) is 2.02. The van der Waals surface area contributed by atoms with Crippen LogP contribution in [0.3, 0.4) is 0 Å². The summed E-state index contributed by atoms with van der Waals surface area (Å²) in [5.41, 5.74) is 0.277. The number of benzene rings is 1. The highest BCUT2D eigenvalue weighted by molar-refractivity contribution is 7.89. The minimum absolute atomic E-state index is 0.00367. The molecule has 0 unspecified atom stereocenters. The number of hydrogen-bond acceptors (Lipinski definition) is 5. The highest BCUT2D eigenvalue weighted by atomic mass is 32.2. The van der Waals surface area contributed by atoms with Gasteiger partial charge in [0.15, 0.2) is 0 Å². The zero-order valence-corrected chi connectivity index (χ0v) is 14.4. The van der Waals surface area contributed by atoms with E-state index >= 15 is 0 Å².